The topological polar surface area (TPSA) is 63.3 Å². The van der Waals surface area contributed by atoms with E-state index in [0.717, 1.165) is 5.39 Å². The molecule has 2 rings (SSSR count). The van der Waals surface area contributed by atoms with Gasteiger partial charge in [-0.15, -0.1) is 0 Å². The second-order valence-corrected chi connectivity index (χ2v) is 5.06. The normalized spacial score (nSPS) is 15.0. The summed E-state index contributed by atoms with van der Waals surface area (Å²) in [5, 5.41) is 1.46. The van der Waals surface area contributed by atoms with Gasteiger partial charge in [-0.3, -0.25) is 0 Å². The van der Waals surface area contributed by atoms with Gasteiger partial charge in [-0.05, 0) is 18.0 Å². The van der Waals surface area contributed by atoms with Crippen molar-refractivity contribution in [3.8, 4) is 0 Å². The summed E-state index contributed by atoms with van der Waals surface area (Å²) in [6.07, 6.45) is 0. The number of fused-ring (bicyclic) bond motifs is 1. The smallest absolute Gasteiger partial charge is 0.104 e. The van der Waals surface area contributed by atoms with Gasteiger partial charge in [0.05, 0.1) is 4.90 Å². The van der Waals surface area contributed by atoms with Gasteiger partial charge in [0, 0.05) is 16.5 Å². The van der Waals surface area contributed by atoms with Crippen LogP contribution in [0.2, 0.25) is 0 Å². The predicted octanol–water partition coefficient (Wildman–Crippen LogP) is 1.97. The lowest BCUT2D eigenvalue weighted by molar-refractivity contribution is 0.561. The molecule has 0 aromatic heterocycles. The molecule has 0 saturated carbocycles. The SMILES string of the molecule is C=S(=O)(O)c1ccc(N)c2ccccc12. The van der Waals surface area contributed by atoms with Crippen molar-refractivity contribution in [2.75, 3.05) is 5.73 Å². The van der Waals surface area contributed by atoms with Crippen molar-refractivity contribution in [3.63, 3.8) is 0 Å². The molecule has 1 atom stereocenters. The van der Waals surface area contributed by atoms with Gasteiger partial charge in [0.15, 0.2) is 0 Å². The largest absolute Gasteiger partial charge is 0.398 e. The van der Waals surface area contributed by atoms with Crippen LogP contribution in [-0.4, -0.2) is 14.6 Å². The maximum Gasteiger partial charge on any atom is 0.104 e. The highest BCUT2D eigenvalue weighted by molar-refractivity contribution is 7.95. The molecule has 15 heavy (non-hydrogen) atoms. The van der Waals surface area contributed by atoms with Crippen LogP contribution < -0.4 is 5.73 Å². The quantitative estimate of drug-likeness (QED) is 0.571. The monoisotopic (exact) mass is 221 g/mol. The van der Waals surface area contributed by atoms with E-state index in [-0.39, 0.29) is 0 Å². The summed E-state index contributed by atoms with van der Waals surface area (Å²) in [4.78, 5) is 0.326. The van der Waals surface area contributed by atoms with Crippen LogP contribution in [0.1, 0.15) is 0 Å². The molecule has 0 aliphatic heterocycles. The van der Waals surface area contributed by atoms with Gasteiger partial charge in [0.25, 0.3) is 0 Å². The van der Waals surface area contributed by atoms with Gasteiger partial charge in [-0.1, -0.05) is 24.3 Å². The number of nitrogens with two attached hydrogens (primary N) is 1. The van der Waals surface area contributed by atoms with Gasteiger partial charge in [0.2, 0.25) is 0 Å². The Labute approximate surface area is 88.4 Å². The Kier molecular flexibility index (Phi) is 2.17. The van der Waals surface area contributed by atoms with E-state index in [0.29, 0.717) is 16.0 Å². The zero-order valence-corrected chi connectivity index (χ0v) is 8.83. The van der Waals surface area contributed by atoms with Crippen molar-refractivity contribution >= 4 is 32.1 Å². The first-order chi connectivity index (χ1) is 7.00. The Morgan fingerprint density at radius 2 is 1.73 bits per heavy atom. The molecular weight excluding hydrogens is 210 g/mol. The molecule has 0 spiro atoms. The number of anilines is 1. The second kappa shape index (κ2) is 3.25. The van der Waals surface area contributed by atoms with E-state index in [2.05, 4.69) is 5.87 Å². The first kappa shape index (κ1) is 10.0. The van der Waals surface area contributed by atoms with E-state index in [9.17, 15) is 8.76 Å². The fourth-order valence-electron chi connectivity index (χ4n) is 1.57. The van der Waals surface area contributed by atoms with E-state index in [1.54, 1.807) is 24.3 Å². The molecule has 0 radical (unpaired) electrons. The third-order valence-corrected chi connectivity index (χ3v) is 3.30. The molecule has 3 N–H and O–H groups in total. The molecule has 0 saturated heterocycles. The summed E-state index contributed by atoms with van der Waals surface area (Å²) in [5.74, 6) is 3.26. The van der Waals surface area contributed by atoms with E-state index >= 15 is 0 Å². The van der Waals surface area contributed by atoms with Crippen molar-refractivity contribution in [3.05, 3.63) is 36.4 Å². The first-order valence-electron chi connectivity index (χ1n) is 4.37. The molecular formula is C11H11NO2S. The molecule has 0 fully saturated rings. The number of hydrogen-bond acceptors (Lipinski definition) is 2. The van der Waals surface area contributed by atoms with Crippen LogP contribution >= 0.6 is 0 Å². The lowest BCUT2D eigenvalue weighted by atomic mass is 10.1. The average molecular weight is 221 g/mol. The number of nitrogen functional groups attached to an aromatic ring is 1. The zero-order valence-electron chi connectivity index (χ0n) is 8.01. The minimum atomic E-state index is -3.20. The van der Waals surface area contributed by atoms with Crippen molar-refractivity contribution in [1.29, 1.82) is 0 Å². The van der Waals surface area contributed by atoms with Crippen LogP contribution in [0.25, 0.3) is 10.8 Å². The van der Waals surface area contributed by atoms with Crippen LogP contribution in [0.5, 0.6) is 0 Å². The molecule has 3 nitrogen and oxygen atoms in total. The predicted molar refractivity (Wildman–Crippen MR) is 64.5 cm³/mol. The Balaban J connectivity index is 2.96. The summed E-state index contributed by atoms with van der Waals surface area (Å²) in [7, 11) is -3.20. The number of hydrogen-bond donors (Lipinski definition) is 2. The number of rotatable bonds is 1. The number of benzene rings is 2. The average Bonchev–Trinajstić information content (AvgIpc) is 2.17. The zero-order chi connectivity index (χ0) is 11.1. The summed E-state index contributed by atoms with van der Waals surface area (Å²) < 4.78 is 21.0. The molecule has 0 aliphatic rings. The lowest BCUT2D eigenvalue weighted by Gasteiger charge is -2.08. The van der Waals surface area contributed by atoms with Gasteiger partial charge in [-0.2, -0.15) is 0 Å². The Morgan fingerprint density at radius 1 is 1.13 bits per heavy atom. The second-order valence-electron chi connectivity index (χ2n) is 3.34. The van der Waals surface area contributed by atoms with Crippen LogP contribution in [0.15, 0.2) is 41.3 Å². The summed E-state index contributed by atoms with van der Waals surface area (Å²) in [5.41, 5.74) is 6.37. The van der Waals surface area contributed by atoms with E-state index < -0.39 is 9.80 Å². The van der Waals surface area contributed by atoms with Crippen LogP contribution in [0.4, 0.5) is 5.69 Å². The van der Waals surface area contributed by atoms with Gasteiger partial charge >= 0.3 is 0 Å². The van der Waals surface area contributed by atoms with Crippen molar-refractivity contribution in [2.45, 2.75) is 4.90 Å². The molecule has 2 aromatic rings. The standard InChI is InChI=1S/C11H11NO2S/c1-15(13,14)11-7-6-10(12)8-4-2-3-5-9(8)11/h2-7H,1,12H2,(H,13,14). The molecule has 1 unspecified atom stereocenters. The summed E-state index contributed by atoms with van der Waals surface area (Å²) >= 11 is 0. The van der Waals surface area contributed by atoms with Crippen molar-refractivity contribution < 1.29 is 8.76 Å². The van der Waals surface area contributed by atoms with Crippen molar-refractivity contribution in [2.24, 2.45) is 0 Å². The first-order valence-corrected chi connectivity index (χ1v) is 6.05. The van der Waals surface area contributed by atoms with E-state index in [1.165, 1.54) is 0 Å². The summed E-state index contributed by atoms with van der Waals surface area (Å²) in [6.45, 7) is 0. The molecule has 0 aliphatic carbocycles. The highest BCUT2D eigenvalue weighted by Crippen LogP contribution is 2.27. The maximum atomic E-state index is 11.5. The van der Waals surface area contributed by atoms with Crippen LogP contribution in [0, 0.1) is 0 Å². The minimum Gasteiger partial charge on any atom is -0.398 e. The minimum absolute atomic E-state index is 0.326. The third-order valence-electron chi connectivity index (χ3n) is 2.26. The highest BCUT2D eigenvalue weighted by atomic mass is 32.2. The van der Waals surface area contributed by atoms with E-state index in [1.807, 2.05) is 12.1 Å². The Morgan fingerprint density at radius 3 is 2.33 bits per heavy atom. The molecule has 2 aromatic carbocycles. The Hall–Kier alpha value is -1.52. The van der Waals surface area contributed by atoms with Crippen LogP contribution in [-0.2, 0) is 9.80 Å². The molecule has 0 bridgehead atoms. The highest BCUT2D eigenvalue weighted by Gasteiger charge is 2.09. The van der Waals surface area contributed by atoms with Gasteiger partial charge in [-0.25, -0.2) is 4.21 Å². The fourth-order valence-corrected chi connectivity index (χ4v) is 2.38. The third kappa shape index (κ3) is 1.69. The lowest BCUT2D eigenvalue weighted by Crippen LogP contribution is -1.99. The Bertz CT molecular complexity index is 618. The maximum absolute atomic E-state index is 11.5. The molecule has 78 valence electrons. The summed E-state index contributed by atoms with van der Waals surface area (Å²) in [6, 6.07) is 10.4. The molecule has 0 amide bonds. The van der Waals surface area contributed by atoms with Crippen molar-refractivity contribution in [1.82, 2.24) is 0 Å². The molecule has 4 heteroatoms. The molecule has 0 heterocycles. The van der Waals surface area contributed by atoms with Gasteiger partial charge < -0.3 is 10.3 Å². The van der Waals surface area contributed by atoms with E-state index in [4.69, 9.17) is 5.73 Å². The van der Waals surface area contributed by atoms with Crippen LogP contribution in [0.3, 0.4) is 0 Å². The fraction of sp³-hybridized carbons (Fsp3) is 0. The van der Waals surface area contributed by atoms with Gasteiger partial charge in [0.1, 0.15) is 9.80 Å².